The number of aromatic hydroxyl groups is 1. The Hall–Kier alpha value is -2.03. The van der Waals surface area contributed by atoms with Crippen LogP contribution in [0.25, 0.3) is 10.8 Å². The Labute approximate surface area is 157 Å². The molecule has 1 amide bonds. The molecule has 0 saturated carbocycles. The van der Waals surface area contributed by atoms with Crippen LogP contribution in [0.4, 0.5) is 0 Å². The molecule has 142 valence electrons. The van der Waals surface area contributed by atoms with E-state index in [0.717, 1.165) is 35.6 Å². The minimum absolute atomic E-state index is 0.113. The molecule has 26 heavy (non-hydrogen) atoms. The van der Waals surface area contributed by atoms with Gasteiger partial charge in [-0.1, -0.05) is 82.9 Å². The summed E-state index contributed by atoms with van der Waals surface area (Å²) < 4.78 is 0. The fraction of sp³-hybridized carbons (Fsp3) is 0.522. The van der Waals surface area contributed by atoms with Crippen LogP contribution in [0, 0.1) is 5.41 Å². The van der Waals surface area contributed by atoms with Gasteiger partial charge in [-0.05, 0) is 29.2 Å². The van der Waals surface area contributed by atoms with Crippen LogP contribution in [0.1, 0.15) is 64.9 Å². The molecule has 2 N–H and O–H groups in total. The highest BCUT2D eigenvalue weighted by molar-refractivity contribution is 5.89. The Balaban J connectivity index is 1.86. The number of unbranched alkanes of at least 4 members (excludes halogenated alkanes) is 4. The van der Waals surface area contributed by atoms with E-state index < -0.39 is 0 Å². The van der Waals surface area contributed by atoms with Gasteiger partial charge in [0, 0.05) is 18.4 Å². The predicted octanol–water partition coefficient (Wildman–Crippen LogP) is 5.59. The molecule has 2 aromatic rings. The van der Waals surface area contributed by atoms with E-state index in [1.165, 1.54) is 19.3 Å². The molecule has 0 atom stereocenters. The lowest BCUT2D eigenvalue weighted by molar-refractivity contribution is -0.121. The lowest BCUT2D eigenvalue weighted by Gasteiger charge is -2.26. The largest absolute Gasteiger partial charge is 0.507 e. The molecular weight excluding hydrogens is 322 g/mol. The Bertz CT molecular complexity index is 721. The van der Waals surface area contributed by atoms with E-state index in [0.29, 0.717) is 18.7 Å². The summed E-state index contributed by atoms with van der Waals surface area (Å²) in [5, 5.41) is 15.6. The number of rotatable bonds is 10. The molecule has 0 fully saturated rings. The first-order valence-corrected chi connectivity index (χ1v) is 9.89. The molecule has 0 aliphatic carbocycles. The Kier molecular flexibility index (Phi) is 7.50. The third kappa shape index (κ3) is 6.05. The van der Waals surface area contributed by atoms with E-state index in [2.05, 4.69) is 32.2 Å². The maximum atomic E-state index is 12.1. The van der Waals surface area contributed by atoms with Crippen molar-refractivity contribution in [2.45, 2.75) is 65.7 Å². The molecule has 0 radical (unpaired) electrons. The third-order valence-corrected chi connectivity index (χ3v) is 4.92. The zero-order valence-corrected chi connectivity index (χ0v) is 16.5. The second-order valence-corrected chi connectivity index (χ2v) is 8.08. The number of phenols is 1. The fourth-order valence-electron chi connectivity index (χ4n) is 3.34. The fourth-order valence-corrected chi connectivity index (χ4v) is 3.34. The second-order valence-electron chi connectivity index (χ2n) is 8.08. The van der Waals surface area contributed by atoms with Gasteiger partial charge in [-0.3, -0.25) is 4.79 Å². The van der Waals surface area contributed by atoms with Crippen molar-refractivity contribution in [2.75, 3.05) is 6.54 Å². The van der Waals surface area contributed by atoms with E-state index in [9.17, 15) is 9.90 Å². The Morgan fingerprint density at radius 3 is 2.54 bits per heavy atom. The van der Waals surface area contributed by atoms with Crippen LogP contribution in [0.15, 0.2) is 36.4 Å². The van der Waals surface area contributed by atoms with E-state index in [1.807, 2.05) is 30.3 Å². The van der Waals surface area contributed by atoms with Gasteiger partial charge in [0.15, 0.2) is 0 Å². The molecule has 3 heteroatoms. The Morgan fingerprint density at radius 2 is 1.77 bits per heavy atom. The lowest BCUT2D eigenvalue weighted by atomic mass is 9.84. The SMILES string of the molecule is CCCCCCCC(=O)NCC(C)(C)Cc1ccc2ccccc2c1O. The van der Waals surface area contributed by atoms with Crippen LogP contribution >= 0.6 is 0 Å². The zero-order chi connectivity index (χ0) is 19.0. The molecule has 0 spiro atoms. The first-order chi connectivity index (χ1) is 12.4. The monoisotopic (exact) mass is 355 g/mol. The molecule has 0 aliphatic rings. The van der Waals surface area contributed by atoms with Crippen molar-refractivity contribution in [3.63, 3.8) is 0 Å². The molecule has 0 heterocycles. The van der Waals surface area contributed by atoms with Crippen molar-refractivity contribution in [1.82, 2.24) is 5.32 Å². The summed E-state index contributed by atoms with van der Waals surface area (Å²) in [4.78, 5) is 12.1. The number of nitrogens with one attached hydrogen (secondary N) is 1. The van der Waals surface area contributed by atoms with Crippen molar-refractivity contribution in [3.05, 3.63) is 42.0 Å². The first-order valence-electron chi connectivity index (χ1n) is 9.89. The number of benzene rings is 2. The smallest absolute Gasteiger partial charge is 0.220 e. The van der Waals surface area contributed by atoms with E-state index >= 15 is 0 Å². The molecule has 2 aromatic carbocycles. The summed E-state index contributed by atoms with van der Waals surface area (Å²) in [6, 6.07) is 11.9. The van der Waals surface area contributed by atoms with Gasteiger partial charge in [0.25, 0.3) is 0 Å². The quantitative estimate of drug-likeness (QED) is 0.546. The molecule has 3 nitrogen and oxygen atoms in total. The van der Waals surface area contributed by atoms with Gasteiger partial charge < -0.3 is 10.4 Å². The highest BCUT2D eigenvalue weighted by Crippen LogP contribution is 2.33. The van der Waals surface area contributed by atoms with E-state index in [-0.39, 0.29) is 11.3 Å². The van der Waals surface area contributed by atoms with Crippen LogP contribution in [0.2, 0.25) is 0 Å². The summed E-state index contributed by atoms with van der Waals surface area (Å²) in [7, 11) is 0. The topological polar surface area (TPSA) is 49.3 Å². The molecular formula is C23H33NO2. The lowest BCUT2D eigenvalue weighted by Crippen LogP contribution is -2.35. The summed E-state index contributed by atoms with van der Waals surface area (Å²) in [6.07, 6.45) is 7.14. The van der Waals surface area contributed by atoms with Crippen LogP contribution in [-0.2, 0) is 11.2 Å². The minimum Gasteiger partial charge on any atom is -0.507 e. The van der Waals surface area contributed by atoms with Gasteiger partial charge in [-0.15, -0.1) is 0 Å². The number of phenolic OH excluding ortho intramolecular Hbond substituents is 1. The normalized spacial score (nSPS) is 11.7. The summed E-state index contributed by atoms with van der Waals surface area (Å²) in [5.41, 5.74) is 0.820. The van der Waals surface area contributed by atoms with Crippen LogP contribution in [-0.4, -0.2) is 17.6 Å². The van der Waals surface area contributed by atoms with Gasteiger partial charge in [0.2, 0.25) is 5.91 Å². The van der Waals surface area contributed by atoms with Gasteiger partial charge in [0.1, 0.15) is 5.75 Å². The second kappa shape index (κ2) is 9.61. The molecule has 2 rings (SSSR count). The van der Waals surface area contributed by atoms with Crippen molar-refractivity contribution < 1.29 is 9.90 Å². The standard InChI is InChI=1S/C23H33NO2/c1-4-5-6-7-8-13-21(25)24-17-23(2,3)16-19-15-14-18-11-9-10-12-20(18)22(19)26/h9-12,14-15,26H,4-8,13,16-17H2,1-3H3,(H,24,25). The van der Waals surface area contributed by atoms with Gasteiger partial charge in [0.05, 0.1) is 0 Å². The molecule has 0 saturated heterocycles. The number of fused-ring (bicyclic) bond motifs is 1. The number of hydrogen-bond donors (Lipinski definition) is 2. The third-order valence-electron chi connectivity index (χ3n) is 4.92. The molecule has 0 unspecified atom stereocenters. The Morgan fingerprint density at radius 1 is 1.04 bits per heavy atom. The van der Waals surface area contributed by atoms with Crippen molar-refractivity contribution in [1.29, 1.82) is 0 Å². The number of carbonyl (C=O) groups is 1. The summed E-state index contributed by atoms with van der Waals surface area (Å²) in [5.74, 6) is 0.496. The van der Waals surface area contributed by atoms with Gasteiger partial charge >= 0.3 is 0 Å². The maximum Gasteiger partial charge on any atom is 0.220 e. The van der Waals surface area contributed by atoms with E-state index in [4.69, 9.17) is 0 Å². The average Bonchev–Trinajstić information content (AvgIpc) is 2.62. The average molecular weight is 356 g/mol. The summed E-state index contributed by atoms with van der Waals surface area (Å²) >= 11 is 0. The van der Waals surface area contributed by atoms with Gasteiger partial charge in [-0.2, -0.15) is 0 Å². The van der Waals surface area contributed by atoms with E-state index in [1.54, 1.807) is 0 Å². The van der Waals surface area contributed by atoms with Crippen LogP contribution in [0.3, 0.4) is 0 Å². The maximum absolute atomic E-state index is 12.1. The number of hydrogen-bond acceptors (Lipinski definition) is 2. The summed E-state index contributed by atoms with van der Waals surface area (Å²) in [6.45, 7) is 7.07. The molecule has 0 aromatic heterocycles. The van der Waals surface area contributed by atoms with Crippen molar-refractivity contribution in [2.24, 2.45) is 5.41 Å². The minimum atomic E-state index is -0.113. The molecule has 0 bridgehead atoms. The van der Waals surface area contributed by atoms with Crippen LogP contribution in [0.5, 0.6) is 5.75 Å². The van der Waals surface area contributed by atoms with Crippen LogP contribution < -0.4 is 5.32 Å². The first kappa shape index (κ1) is 20.3. The predicted molar refractivity (Wildman–Crippen MR) is 109 cm³/mol. The highest BCUT2D eigenvalue weighted by atomic mass is 16.3. The van der Waals surface area contributed by atoms with Gasteiger partial charge in [-0.25, -0.2) is 0 Å². The number of amides is 1. The highest BCUT2D eigenvalue weighted by Gasteiger charge is 2.21. The van der Waals surface area contributed by atoms with Crippen molar-refractivity contribution >= 4 is 16.7 Å². The number of carbonyl (C=O) groups excluding carboxylic acids is 1. The zero-order valence-electron chi connectivity index (χ0n) is 16.5. The molecule has 0 aliphatic heterocycles. The van der Waals surface area contributed by atoms with Crippen molar-refractivity contribution in [3.8, 4) is 5.75 Å².